The van der Waals surface area contributed by atoms with Crippen molar-refractivity contribution in [2.75, 3.05) is 6.54 Å². The summed E-state index contributed by atoms with van der Waals surface area (Å²) < 4.78 is 13.4. The lowest BCUT2D eigenvalue weighted by Gasteiger charge is -2.17. The highest BCUT2D eigenvalue weighted by molar-refractivity contribution is 5.28. The molecule has 0 saturated heterocycles. The summed E-state index contributed by atoms with van der Waals surface area (Å²) in [6.07, 6.45) is 1.77. The Balaban J connectivity index is 2.11. The Morgan fingerprint density at radius 1 is 1.05 bits per heavy atom. The third kappa shape index (κ3) is 3.91. The summed E-state index contributed by atoms with van der Waals surface area (Å²) in [5, 5.41) is 0. The summed E-state index contributed by atoms with van der Waals surface area (Å²) in [6.45, 7) is 4.73. The van der Waals surface area contributed by atoms with Gasteiger partial charge in [-0.3, -0.25) is 0 Å². The van der Waals surface area contributed by atoms with Gasteiger partial charge in [0.2, 0.25) is 0 Å². The molecule has 0 aliphatic carbocycles. The molecule has 2 aromatic carbocycles. The third-order valence-corrected chi connectivity index (χ3v) is 3.76. The molecule has 0 bridgehead atoms. The van der Waals surface area contributed by atoms with E-state index in [2.05, 4.69) is 31.2 Å². The van der Waals surface area contributed by atoms with Crippen molar-refractivity contribution >= 4 is 0 Å². The Bertz CT molecular complexity index is 577. The van der Waals surface area contributed by atoms with E-state index in [1.54, 1.807) is 6.07 Å². The Labute approximate surface area is 120 Å². The van der Waals surface area contributed by atoms with E-state index >= 15 is 0 Å². The van der Waals surface area contributed by atoms with Crippen molar-refractivity contribution in [3.05, 3.63) is 70.5 Å². The highest BCUT2D eigenvalue weighted by Crippen LogP contribution is 2.18. The normalized spacial score (nSPS) is 12.4. The maximum atomic E-state index is 13.4. The molecule has 0 aromatic heterocycles. The molecule has 106 valence electrons. The van der Waals surface area contributed by atoms with Crippen molar-refractivity contribution in [3.8, 4) is 0 Å². The molecule has 1 nitrogen and oxygen atoms in total. The van der Waals surface area contributed by atoms with Crippen LogP contribution in [0.3, 0.4) is 0 Å². The van der Waals surface area contributed by atoms with Gasteiger partial charge in [-0.2, -0.15) is 0 Å². The first-order chi connectivity index (χ1) is 9.58. The van der Waals surface area contributed by atoms with Gasteiger partial charge in [0, 0.05) is 0 Å². The first kappa shape index (κ1) is 14.7. The quantitative estimate of drug-likeness (QED) is 0.879. The van der Waals surface area contributed by atoms with E-state index in [0.717, 1.165) is 24.0 Å². The standard InChI is InChI=1S/C18H22FN/c1-13-4-3-5-15(8-13)9-16(12-20)10-17-11-18(19)7-6-14(17)2/h3-8,11,16H,9-10,12,20H2,1-2H3. The highest BCUT2D eigenvalue weighted by Gasteiger charge is 2.11. The SMILES string of the molecule is Cc1cccc(CC(CN)Cc2cc(F)ccc2C)c1. The molecule has 0 aliphatic heterocycles. The van der Waals surface area contributed by atoms with Crippen molar-refractivity contribution in [2.45, 2.75) is 26.7 Å². The maximum Gasteiger partial charge on any atom is 0.123 e. The minimum absolute atomic E-state index is 0.170. The molecule has 20 heavy (non-hydrogen) atoms. The van der Waals surface area contributed by atoms with Crippen LogP contribution in [0.1, 0.15) is 22.3 Å². The number of rotatable bonds is 5. The molecular formula is C18H22FN. The summed E-state index contributed by atoms with van der Waals surface area (Å²) in [7, 11) is 0. The van der Waals surface area contributed by atoms with E-state index in [1.807, 2.05) is 13.0 Å². The van der Waals surface area contributed by atoms with Crippen LogP contribution in [0.5, 0.6) is 0 Å². The summed E-state index contributed by atoms with van der Waals surface area (Å²) >= 11 is 0. The molecule has 1 atom stereocenters. The number of halogens is 1. The minimum Gasteiger partial charge on any atom is -0.330 e. The van der Waals surface area contributed by atoms with Gasteiger partial charge in [-0.1, -0.05) is 35.9 Å². The monoisotopic (exact) mass is 271 g/mol. The Kier molecular flexibility index (Phi) is 4.91. The molecule has 2 rings (SSSR count). The second-order valence-corrected chi connectivity index (χ2v) is 5.57. The largest absolute Gasteiger partial charge is 0.330 e. The molecule has 0 radical (unpaired) electrons. The molecule has 0 saturated carbocycles. The summed E-state index contributed by atoms with van der Waals surface area (Å²) in [4.78, 5) is 0. The molecule has 0 amide bonds. The average molecular weight is 271 g/mol. The van der Waals surface area contributed by atoms with Gasteiger partial charge in [0.05, 0.1) is 0 Å². The minimum atomic E-state index is -0.170. The Morgan fingerprint density at radius 3 is 2.55 bits per heavy atom. The summed E-state index contributed by atoms with van der Waals surface area (Å²) in [5.41, 5.74) is 10.7. The van der Waals surface area contributed by atoms with E-state index in [-0.39, 0.29) is 5.82 Å². The fraction of sp³-hybridized carbons (Fsp3) is 0.333. The number of aryl methyl sites for hydroxylation is 2. The molecule has 1 unspecified atom stereocenters. The van der Waals surface area contributed by atoms with E-state index in [0.29, 0.717) is 12.5 Å². The van der Waals surface area contributed by atoms with E-state index in [9.17, 15) is 4.39 Å². The molecule has 2 heteroatoms. The lowest BCUT2D eigenvalue weighted by Crippen LogP contribution is -2.20. The number of benzene rings is 2. The molecule has 2 aromatic rings. The van der Waals surface area contributed by atoms with Crippen LogP contribution in [0.4, 0.5) is 4.39 Å². The van der Waals surface area contributed by atoms with Gasteiger partial charge in [-0.25, -0.2) is 4.39 Å². The van der Waals surface area contributed by atoms with Gasteiger partial charge >= 0.3 is 0 Å². The van der Waals surface area contributed by atoms with Crippen molar-refractivity contribution in [1.82, 2.24) is 0 Å². The van der Waals surface area contributed by atoms with Gasteiger partial charge < -0.3 is 5.73 Å². The predicted molar refractivity (Wildman–Crippen MR) is 82.3 cm³/mol. The van der Waals surface area contributed by atoms with Crippen LogP contribution in [0.2, 0.25) is 0 Å². The van der Waals surface area contributed by atoms with Crippen LogP contribution in [0.15, 0.2) is 42.5 Å². The smallest absolute Gasteiger partial charge is 0.123 e. The van der Waals surface area contributed by atoms with Gasteiger partial charge in [0.15, 0.2) is 0 Å². The van der Waals surface area contributed by atoms with Crippen LogP contribution in [-0.2, 0) is 12.8 Å². The fourth-order valence-corrected chi connectivity index (χ4v) is 2.58. The van der Waals surface area contributed by atoms with Crippen molar-refractivity contribution < 1.29 is 4.39 Å². The summed E-state index contributed by atoms with van der Waals surface area (Å²) in [5.74, 6) is 0.175. The van der Waals surface area contributed by atoms with E-state index < -0.39 is 0 Å². The number of nitrogens with two attached hydrogens (primary N) is 1. The first-order valence-corrected chi connectivity index (χ1v) is 7.09. The van der Waals surface area contributed by atoms with Gasteiger partial charge in [0.25, 0.3) is 0 Å². The maximum absolute atomic E-state index is 13.4. The second kappa shape index (κ2) is 6.67. The molecule has 0 fully saturated rings. The molecule has 0 heterocycles. The van der Waals surface area contributed by atoms with Crippen LogP contribution < -0.4 is 5.73 Å². The van der Waals surface area contributed by atoms with Crippen LogP contribution in [-0.4, -0.2) is 6.54 Å². The van der Waals surface area contributed by atoms with Gasteiger partial charge in [-0.15, -0.1) is 0 Å². The van der Waals surface area contributed by atoms with Crippen LogP contribution in [0, 0.1) is 25.6 Å². The average Bonchev–Trinajstić information content (AvgIpc) is 2.42. The first-order valence-electron chi connectivity index (χ1n) is 7.09. The van der Waals surface area contributed by atoms with Crippen molar-refractivity contribution in [2.24, 2.45) is 11.7 Å². The molecule has 2 N–H and O–H groups in total. The highest BCUT2D eigenvalue weighted by atomic mass is 19.1. The van der Waals surface area contributed by atoms with Crippen LogP contribution in [0.25, 0.3) is 0 Å². The fourth-order valence-electron chi connectivity index (χ4n) is 2.58. The molecule has 0 spiro atoms. The third-order valence-electron chi connectivity index (χ3n) is 3.76. The second-order valence-electron chi connectivity index (χ2n) is 5.57. The molecule has 0 aliphatic rings. The Morgan fingerprint density at radius 2 is 1.85 bits per heavy atom. The lowest BCUT2D eigenvalue weighted by atomic mass is 9.90. The lowest BCUT2D eigenvalue weighted by molar-refractivity contribution is 0.529. The van der Waals surface area contributed by atoms with Crippen molar-refractivity contribution in [3.63, 3.8) is 0 Å². The topological polar surface area (TPSA) is 26.0 Å². The van der Waals surface area contributed by atoms with Gasteiger partial charge in [0.1, 0.15) is 5.82 Å². The van der Waals surface area contributed by atoms with E-state index in [4.69, 9.17) is 5.73 Å². The molecular weight excluding hydrogens is 249 g/mol. The number of hydrogen-bond donors (Lipinski definition) is 1. The zero-order chi connectivity index (χ0) is 14.5. The zero-order valence-electron chi connectivity index (χ0n) is 12.2. The zero-order valence-corrected chi connectivity index (χ0v) is 12.2. The van der Waals surface area contributed by atoms with Crippen LogP contribution >= 0.6 is 0 Å². The van der Waals surface area contributed by atoms with E-state index in [1.165, 1.54) is 17.2 Å². The Hall–Kier alpha value is -1.67. The predicted octanol–water partition coefficient (Wildman–Crippen LogP) is 3.80. The number of hydrogen-bond acceptors (Lipinski definition) is 1. The van der Waals surface area contributed by atoms with Gasteiger partial charge in [-0.05, 0) is 68.0 Å². The summed E-state index contributed by atoms with van der Waals surface area (Å²) in [6, 6.07) is 13.5. The van der Waals surface area contributed by atoms with Crippen molar-refractivity contribution in [1.29, 1.82) is 0 Å².